The van der Waals surface area contributed by atoms with E-state index in [-0.39, 0.29) is 6.04 Å². The molecule has 2 aliphatic rings. The third-order valence-corrected chi connectivity index (χ3v) is 4.81. The van der Waals surface area contributed by atoms with Gasteiger partial charge in [0.05, 0.1) is 12.2 Å². The van der Waals surface area contributed by atoms with Gasteiger partial charge in [0.25, 0.3) is 0 Å². The maximum Gasteiger partial charge on any atom is 0.133 e. The van der Waals surface area contributed by atoms with Crippen LogP contribution in [0.3, 0.4) is 0 Å². The molecule has 0 spiro atoms. The van der Waals surface area contributed by atoms with Gasteiger partial charge in [-0.05, 0) is 24.6 Å². The zero-order chi connectivity index (χ0) is 15.1. The first kappa shape index (κ1) is 15.9. The molecule has 4 nitrogen and oxygen atoms in total. The molecular formula is C17H29N3O. The Hall–Kier alpha value is -1.45. The summed E-state index contributed by atoms with van der Waals surface area (Å²) in [7, 11) is 1.96. The fraction of sp³-hybridized carbons (Fsp3) is 0.706. The molecule has 118 valence electrons. The van der Waals surface area contributed by atoms with Crippen LogP contribution < -0.4 is 5.73 Å². The number of rotatable bonds is 7. The molecule has 1 fully saturated rings. The second-order valence-electron chi connectivity index (χ2n) is 6.32. The van der Waals surface area contributed by atoms with Crippen molar-refractivity contribution in [2.24, 2.45) is 16.6 Å². The van der Waals surface area contributed by atoms with Crippen LogP contribution in [0.25, 0.3) is 0 Å². The number of amidine groups is 1. The molecule has 21 heavy (non-hydrogen) atoms. The van der Waals surface area contributed by atoms with Crippen molar-refractivity contribution in [1.82, 2.24) is 4.90 Å². The smallest absolute Gasteiger partial charge is 0.133 e. The minimum atomic E-state index is 0.0418. The predicted octanol–water partition coefficient (Wildman–Crippen LogP) is 3.71. The molecular weight excluding hydrogens is 262 g/mol. The van der Waals surface area contributed by atoms with E-state index in [1.165, 1.54) is 51.1 Å². The largest absolute Gasteiger partial charge is 0.508 e. The van der Waals surface area contributed by atoms with Gasteiger partial charge < -0.3 is 15.7 Å². The molecule has 1 aliphatic carbocycles. The highest BCUT2D eigenvalue weighted by molar-refractivity contribution is 5.94. The second kappa shape index (κ2) is 8.11. The van der Waals surface area contributed by atoms with Gasteiger partial charge in [-0.1, -0.05) is 51.4 Å². The third-order valence-electron chi connectivity index (χ3n) is 4.81. The first-order valence-corrected chi connectivity index (χ1v) is 8.30. The number of hydrogen-bond donors (Lipinski definition) is 2. The monoisotopic (exact) mass is 291 g/mol. The maximum atomic E-state index is 10.0. The SMILES string of the molecule is CN1C(C=CN)=NC=C(O)C1CCCCCC1CCCC1. The summed E-state index contributed by atoms with van der Waals surface area (Å²) < 4.78 is 0. The zero-order valence-electron chi connectivity index (χ0n) is 13.2. The molecule has 4 heteroatoms. The van der Waals surface area contributed by atoms with Crippen molar-refractivity contribution in [1.29, 1.82) is 0 Å². The lowest BCUT2D eigenvalue weighted by atomic mass is 9.98. The van der Waals surface area contributed by atoms with Crippen molar-refractivity contribution in [3.05, 3.63) is 24.2 Å². The van der Waals surface area contributed by atoms with Crippen LogP contribution in [0, 0.1) is 5.92 Å². The Morgan fingerprint density at radius 2 is 2.00 bits per heavy atom. The molecule has 0 saturated heterocycles. The Labute approximate surface area is 128 Å². The van der Waals surface area contributed by atoms with Crippen LogP contribution in [0.1, 0.15) is 57.8 Å². The number of nitrogens with two attached hydrogens (primary N) is 1. The lowest BCUT2D eigenvalue weighted by molar-refractivity contribution is 0.258. The maximum absolute atomic E-state index is 10.0. The van der Waals surface area contributed by atoms with Crippen LogP contribution in [0.4, 0.5) is 0 Å². The fourth-order valence-corrected chi connectivity index (χ4v) is 3.50. The van der Waals surface area contributed by atoms with Crippen molar-refractivity contribution in [3.8, 4) is 0 Å². The number of aliphatic imine (C=N–C) groups is 1. The molecule has 1 unspecified atom stereocenters. The molecule has 0 amide bonds. The molecule has 1 atom stereocenters. The van der Waals surface area contributed by atoms with E-state index in [0.29, 0.717) is 5.76 Å². The minimum absolute atomic E-state index is 0.0418. The molecule has 2 rings (SSSR count). The van der Waals surface area contributed by atoms with Gasteiger partial charge in [-0.2, -0.15) is 0 Å². The average molecular weight is 291 g/mol. The van der Waals surface area contributed by atoms with Gasteiger partial charge in [0, 0.05) is 7.05 Å². The normalized spacial score (nSPS) is 23.7. The highest BCUT2D eigenvalue weighted by Crippen LogP contribution is 2.29. The molecule has 0 aromatic heterocycles. The first-order valence-electron chi connectivity index (χ1n) is 8.30. The Morgan fingerprint density at radius 1 is 1.29 bits per heavy atom. The number of hydrogen-bond acceptors (Lipinski definition) is 4. The Bertz CT molecular complexity index is 408. The molecule has 0 aromatic carbocycles. The number of unbranched alkanes of at least 4 members (excludes halogenated alkanes) is 2. The number of aliphatic hydroxyl groups is 1. The number of aliphatic hydroxyl groups excluding tert-OH is 1. The standard InChI is InChI=1S/C17H29N3O/c1-20-15(16(21)13-19-17(20)11-12-18)10-4-2-3-7-14-8-5-6-9-14/h11-15,21H,2-10,18H2,1H3. The van der Waals surface area contributed by atoms with Crippen molar-refractivity contribution in [2.45, 2.75) is 63.8 Å². The summed E-state index contributed by atoms with van der Waals surface area (Å²) in [6.07, 6.45) is 16.7. The van der Waals surface area contributed by atoms with Gasteiger partial charge in [0.1, 0.15) is 11.6 Å². The first-order chi connectivity index (χ1) is 10.2. The molecule has 3 N–H and O–H groups in total. The van der Waals surface area contributed by atoms with E-state index in [1.807, 2.05) is 11.9 Å². The van der Waals surface area contributed by atoms with Crippen LogP contribution in [0.5, 0.6) is 0 Å². The third kappa shape index (κ3) is 4.51. The lowest BCUT2D eigenvalue weighted by Crippen LogP contribution is -2.39. The number of nitrogens with zero attached hydrogens (tertiary/aromatic N) is 2. The summed E-state index contributed by atoms with van der Waals surface area (Å²) in [6.45, 7) is 0. The average Bonchev–Trinajstić information content (AvgIpc) is 2.98. The quantitative estimate of drug-likeness (QED) is 0.703. The molecule has 1 heterocycles. The highest BCUT2D eigenvalue weighted by Gasteiger charge is 2.23. The van der Waals surface area contributed by atoms with E-state index in [0.717, 1.165) is 24.6 Å². The summed E-state index contributed by atoms with van der Waals surface area (Å²) >= 11 is 0. The van der Waals surface area contributed by atoms with Crippen LogP contribution in [0.2, 0.25) is 0 Å². The summed E-state index contributed by atoms with van der Waals surface area (Å²) in [6, 6.07) is 0.0418. The summed E-state index contributed by atoms with van der Waals surface area (Å²) in [5, 5.41) is 10.0. The molecule has 0 aromatic rings. The van der Waals surface area contributed by atoms with Crippen LogP contribution in [-0.4, -0.2) is 28.9 Å². The van der Waals surface area contributed by atoms with Gasteiger partial charge >= 0.3 is 0 Å². The van der Waals surface area contributed by atoms with Gasteiger partial charge in [0.15, 0.2) is 0 Å². The molecule has 1 aliphatic heterocycles. The van der Waals surface area contributed by atoms with Crippen molar-refractivity contribution in [2.75, 3.05) is 7.05 Å². The van der Waals surface area contributed by atoms with Gasteiger partial charge in [-0.3, -0.25) is 0 Å². The number of likely N-dealkylation sites (N-methyl/N-ethyl adjacent to an activating group) is 1. The molecule has 1 saturated carbocycles. The van der Waals surface area contributed by atoms with Crippen LogP contribution in [0.15, 0.2) is 29.2 Å². The van der Waals surface area contributed by atoms with Crippen molar-refractivity contribution in [3.63, 3.8) is 0 Å². The second-order valence-corrected chi connectivity index (χ2v) is 6.32. The lowest BCUT2D eigenvalue weighted by Gasteiger charge is -2.31. The van der Waals surface area contributed by atoms with Crippen molar-refractivity contribution >= 4 is 5.84 Å². The van der Waals surface area contributed by atoms with Crippen LogP contribution in [-0.2, 0) is 0 Å². The van der Waals surface area contributed by atoms with E-state index in [9.17, 15) is 5.11 Å². The summed E-state index contributed by atoms with van der Waals surface area (Å²) in [5.74, 6) is 2.16. The zero-order valence-corrected chi connectivity index (χ0v) is 13.2. The highest BCUT2D eigenvalue weighted by atomic mass is 16.3. The Morgan fingerprint density at radius 3 is 2.71 bits per heavy atom. The minimum Gasteiger partial charge on any atom is -0.508 e. The van der Waals surface area contributed by atoms with E-state index < -0.39 is 0 Å². The topological polar surface area (TPSA) is 61.8 Å². The molecule has 0 radical (unpaired) electrons. The van der Waals surface area contributed by atoms with Crippen LogP contribution >= 0.6 is 0 Å². The van der Waals surface area contributed by atoms with Gasteiger partial charge in [-0.25, -0.2) is 4.99 Å². The van der Waals surface area contributed by atoms with Gasteiger partial charge in [-0.15, -0.1) is 0 Å². The Kier molecular flexibility index (Phi) is 6.15. The summed E-state index contributed by atoms with van der Waals surface area (Å²) in [4.78, 5) is 6.20. The summed E-state index contributed by atoms with van der Waals surface area (Å²) in [5.41, 5.74) is 5.43. The fourth-order valence-electron chi connectivity index (χ4n) is 3.50. The molecule has 0 bridgehead atoms. The predicted molar refractivity (Wildman–Crippen MR) is 88.1 cm³/mol. The van der Waals surface area contributed by atoms with E-state index in [2.05, 4.69) is 4.99 Å². The van der Waals surface area contributed by atoms with E-state index >= 15 is 0 Å². The van der Waals surface area contributed by atoms with Gasteiger partial charge in [0.2, 0.25) is 0 Å². The van der Waals surface area contributed by atoms with E-state index in [4.69, 9.17) is 5.73 Å². The van der Waals surface area contributed by atoms with E-state index in [1.54, 1.807) is 12.3 Å². The van der Waals surface area contributed by atoms with Crippen molar-refractivity contribution < 1.29 is 5.11 Å². The Balaban J connectivity index is 1.69.